The molecule has 0 fully saturated rings. The van der Waals surface area contributed by atoms with E-state index in [2.05, 4.69) is 10.6 Å². The Kier molecular flexibility index (Phi) is 7.47. The van der Waals surface area contributed by atoms with Crippen LogP contribution in [0.2, 0.25) is 0 Å². The Labute approximate surface area is 177 Å². The number of benzene rings is 2. The average molecular weight is 412 g/mol. The van der Waals surface area contributed by atoms with Gasteiger partial charge in [-0.15, -0.1) is 0 Å². The number of amides is 2. The van der Waals surface area contributed by atoms with Crippen molar-refractivity contribution in [3.8, 4) is 17.2 Å². The number of methoxy groups -OCH3 is 3. The van der Waals surface area contributed by atoms with E-state index in [1.165, 1.54) is 21.3 Å². The molecule has 0 saturated heterocycles. The fourth-order valence-corrected chi connectivity index (χ4v) is 2.54. The monoisotopic (exact) mass is 412 g/mol. The maximum atomic E-state index is 12.9. The molecule has 2 N–H and O–H groups in total. The fraction of sp³-hybridized carbons (Fsp3) is 0.304. The summed E-state index contributed by atoms with van der Waals surface area (Å²) in [6, 6.07) is 12.4. The Balaban J connectivity index is 2.48. The van der Waals surface area contributed by atoms with Gasteiger partial charge in [0.2, 0.25) is 11.7 Å². The number of nitrogens with one attached hydrogen (secondary N) is 2. The van der Waals surface area contributed by atoms with Crippen molar-refractivity contribution in [2.45, 2.75) is 20.8 Å². The van der Waals surface area contributed by atoms with Gasteiger partial charge in [-0.25, -0.2) is 0 Å². The standard InChI is InChI=1S/C23H28N2O5/c1-23(2,3)22(27)25-17(21(26)24-16-10-8-7-9-11-16)12-15-13-18(28-4)20(30-6)19(14-15)29-5/h7-14H,1-6H3,(H,24,26)(H,25,27)/b17-12+. The van der Waals surface area contributed by atoms with Crippen LogP contribution in [0.4, 0.5) is 5.69 Å². The van der Waals surface area contributed by atoms with Crippen molar-refractivity contribution in [1.82, 2.24) is 5.32 Å². The van der Waals surface area contributed by atoms with Crippen LogP contribution in [0.15, 0.2) is 48.2 Å². The van der Waals surface area contributed by atoms with Crippen molar-refractivity contribution >= 4 is 23.6 Å². The van der Waals surface area contributed by atoms with Crippen molar-refractivity contribution in [2.24, 2.45) is 5.41 Å². The molecule has 7 nitrogen and oxygen atoms in total. The van der Waals surface area contributed by atoms with Gasteiger partial charge in [0.25, 0.3) is 5.91 Å². The summed E-state index contributed by atoms with van der Waals surface area (Å²) in [6.45, 7) is 5.32. The molecule has 0 bridgehead atoms. The molecule has 0 spiro atoms. The summed E-state index contributed by atoms with van der Waals surface area (Å²) < 4.78 is 16.1. The van der Waals surface area contributed by atoms with Crippen LogP contribution in [0.3, 0.4) is 0 Å². The van der Waals surface area contributed by atoms with E-state index in [-0.39, 0.29) is 11.6 Å². The Morgan fingerprint density at radius 2 is 1.47 bits per heavy atom. The highest BCUT2D eigenvalue weighted by molar-refractivity contribution is 6.09. The lowest BCUT2D eigenvalue weighted by Gasteiger charge is -2.19. The van der Waals surface area contributed by atoms with E-state index in [9.17, 15) is 9.59 Å². The van der Waals surface area contributed by atoms with Crippen LogP contribution in [-0.2, 0) is 9.59 Å². The average Bonchev–Trinajstić information content (AvgIpc) is 2.72. The lowest BCUT2D eigenvalue weighted by molar-refractivity contribution is -0.128. The molecule has 2 amide bonds. The summed E-state index contributed by atoms with van der Waals surface area (Å²) >= 11 is 0. The number of ether oxygens (including phenoxy) is 3. The van der Waals surface area contributed by atoms with Crippen LogP contribution in [0, 0.1) is 5.41 Å². The SMILES string of the molecule is COc1cc(/C=C(/NC(=O)C(C)(C)C)C(=O)Nc2ccccc2)cc(OC)c1OC. The highest BCUT2D eigenvalue weighted by Gasteiger charge is 2.24. The molecular formula is C23H28N2O5. The first-order valence-corrected chi connectivity index (χ1v) is 9.39. The van der Waals surface area contributed by atoms with Crippen LogP contribution in [0.1, 0.15) is 26.3 Å². The molecule has 0 saturated carbocycles. The van der Waals surface area contributed by atoms with Gasteiger partial charge in [-0.3, -0.25) is 9.59 Å². The minimum absolute atomic E-state index is 0.0908. The highest BCUT2D eigenvalue weighted by atomic mass is 16.5. The molecule has 160 valence electrons. The van der Waals surface area contributed by atoms with Gasteiger partial charge >= 0.3 is 0 Å². The van der Waals surface area contributed by atoms with Crippen LogP contribution in [0.5, 0.6) is 17.2 Å². The fourth-order valence-electron chi connectivity index (χ4n) is 2.54. The molecule has 0 unspecified atom stereocenters. The first kappa shape index (κ1) is 22.8. The molecule has 0 aliphatic heterocycles. The first-order valence-electron chi connectivity index (χ1n) is 9.39. The number of carbonyl (C=O) groups is 2. The normalized spacial score (nSPS) is 11.5. The highest BCUT2D eigenvalue weighted by Crippen LogP contribution is 2.38. The molecule has 0 atom stereocenters. The van der Waals surface area contributed by atoms with Crippen molar-refractivity contribution in [3.63, 3.8) is 0 Å². The van der Waals surface area contributed by atoms with E-state index >= 15 is 0 Å². The lowest BCUT2D eigenvalue weighted by Crippen LogP contribution is -2.38. The van der Waals surface area contributed by atoms with Crippen LogP contribution < -0.4 is 24.8 Å². The van der Waals surface area contributed by atoms with Gasteiger partial charge in [0.15, 0.2) is 11.5 Å². The summed E-state index contributed by atoms with van der Waals surface area (Å²) in [6.07, 6.45) is 1.56. The van der Waals surface area contributed by atoms with Crippen molar-refractivity contribution in [2.75, 3.05) is 26.6 Å². The van der Waals surface area contributed by atoms with Gasteiger partial charge in [0.05, 0.1) is 21.3 Å². The molecular weight excluding hydrogens is 384 g/mol. The van der Waals surface area contributed by atoms with Crippen molar-refractivity contribution < 1.29 is 23.8 Å². The van der Waals surface area contributed by atoms with Gasteiger partial charge in [-0.1, -0.05) is 39.0 Å². The maximum Gasteiger partial charge on any atom is 0.272 e. The summed E-state index contributed by atoms with van der Waals surface area (Å²) in [5.74, 6) is 0.573. The van der Waals surface area contributed by atoms with Crippen molar-refractivity contribution in [3.05, 3.63) is 53.7 Å². The molecule has 2 aromatic carbocycles. The molecule has 7 heteroatoms. The summed E-state index contributed by atoms with van der Waals surface area (Å²) in [4.78, 5) is 25.5. The molecule has 0 aromatic heterocycles. The smallest absolute Gasteiger partial charge is 0.272 e. The van der Waals surface area contributed by atoms with E-state index in [0.29, 0.717) is 28.5 Å². The molecule has 2 aromatic rings. The summed E-state index contributed by atoms with van der Waals surface area (Å²) in [5.41, 5.74) is 0.620. The quantitative estimate of drug-likeness (QED) is 0.675. The Bertz CT molecular complexity index is 905. The van der Waals surface area contributed by atoms with Crippen LogP contribution in [0.25, 0.3) is 6.08 Å². The van der Waals surface area contributed by atoms with Crippen LogP contribution >= 0.6 is 0 Å². The van der Waals surface area contributed by atoms with Gasteiger partial charge < -0.3 is 24.8 Å². The van der Waals surface area contributed by atoms with E-state index in [4.69, 9.17) is 14.2 Å². The predicted molar refractivity (Wildman–Crippen MR) is 117 cm³/mol. The van der Waals surface area contributed by atoms with E-state index in [0.717, 1.165) is 0 Å². The maximum absolute atomic E-state index is 12.9. The second kappa shape index (κ2) is 9.82. The zero-order chi connectivity index (χ0) is 22.3. The Hall–Kier alpha value is -3.48. The van der Waals surface area contributed by atoms with E-state index < -0.39 is 11.3 Å². The largest absolute Gasteiger partial charge is 0.493 e. The molecule has 0 heterocycles. The third-order valence-corrected chi connectivity index (χ3v) is 4.20. The van der Waals surface area contributed by atoms with Gasteiger partial charge in [-0.2, -0.15) is 0 Å². The van der Waals surface area contributed by atoms with Crippen LogP contribution in [-0.4, -0.2) is 33.1 Å². The Morgan fingerprint density at radius 1 is 0.900 bits per heavy atom. The number of anilines is 1. The molecule has 0 aliphatic rings. The molecule has 2 rings (SSSR count). The van der Waals surface area contributed by atoms with E-state index in [1.54, 1.807) is 51.1 Å². The van der Waals surface area contributed by atoms with Gasteiger partial charge in [0, 0.05) is 11.1 Å². The minimum atomic E-state index is -0.679. The molecule has 0 aliphatic carbocycles. The third kappa shape index (κ3) is 5.76. The van der Waals surface area contributed by atoms with Gasteiger partial charge in [0.1, 0.15) is 5.70 Å². The number of carbonyl (C=O) groups excluding carboxylic acids is 2. The first-order chi connectivity index (χ1) is 14.2. The zero-order valence-electron chi connectivity index (χ0n) is 18.2. The molecule has 30 heavy (non-hydrogen) atoms. The summed E-state index contributed by atoms with van der Waals surface area (Å²) in [5, 5.41) is 5.52. The Morgan fingerprint density at radius 3 is 1.93 bits per heavy atom. The lowest BCUT2D eigenvalue weighted by atomic mass is 9.95. The number of para-hydroxylation sites is 1. The topological polar surface area (TPSA) is 85.9 Å². The van der Waals surface area contributed by atoms with E-state index in [1.807, 2.05) is 18.2 Å². The van der Waals surface area contributed by atoms with Crippen molar-refractivity contribution in [1.29, 1.82) is 0 Å². The number of hydrogen-bond donors (Lipinski definition) is 2. The summed E-state index contributed by atoms with van der Waals surface area (Å²) in [7, 11) is 4.53. The minimum Gasteiger partial charge on any atom is -0.493 e. The van der Waals surface area contributed by atoms with Gasteiger partial charge in [-0.05, 0) is 35.9 Å². The molecule has 0 radical (unpaired) electrons. The second-order valence-corrected chi connectivity index (χ2v) is 7.54. The predicted octanol–water partition coefficient (Wildman–Crippen LogP) is 3.85. The number of hydrogen-bond acceptors (Lipinski definition) is 5. The number of rotatable bonds is 7. The second-order valence-electron chi connectivity index (χ2n) is 7.54. The zero-order valence-corrected chi connectivity index (χ0v) is 18.2. The third-order valence-electron chi connectivity index (χ3n) is 4.20.